The van der Waals surface area contributed by atoms with Gasteiger partial charge in [0.1, 0.15) is 17.0 Å². The highest BCUT2D eigenvalue weighted by atomic mass is 16.5. The third-order valence-corrected chi connectivity index (χ3v) is 3.89. The lowest BCUT2D eigenvalue weighted by atomic mass is 9.90. The summed E-state index contributed by atoms with van der Waals surface area (Å²) in [5, 5.41) is 11.3. The number of nitrogens with zero attached hydrogens (tertiary/aromatic N) is 2. The number of nitriles is 1. The highest BCUT2D eigenvalue weighted by molar-refractivity contribution is 6.07. The van der Waals surface area contributed by atoms with Crippen molar-refractivity contribution in [2.75, 3.05) is 20.8 Å². The molecule has 1 aliphatic heterocycles. The number of carbonyl (C=O) groups excluding carboxylic acids is 2. The number of benzene rings is 1. The maximum absolute atomic E-state index is 12.8. The molecular formula is C16H19N3O4. The lowest BCUT2D eigenvalue weighted by Crippen LogP contribution is -2.41. The number of ether oxygens (including phenoxy) is 2. The van der Waals surface area contributed by atoms with Gasteiger partial charge in [-0.15, -0.1) is 0 Å². The van der Waals surface area contributed by atoms with Crippen molar-refractivity contribution in [1.29, 1.82) is 5.26 Å². The zero-order chi connectivity index (χ0) is 17.0. The van der Waals surface area contributed by atoms with Crippen molar-refractivity contribution in [2.24, 2.45) is 0 Å². The first-order valence-corrected chi connectivity index (χ1v) is 7.21. The Morgan fingerprint density at radius 2 is 2.04 bits per heavy atom. The molecule has 0 saturated carbocycles. The average Bonchev–Trinajstić information content (AvgIpc) is 2.78. The molecule has 0 aromatic heterocycles. The van der Waals surface area contributed by atoms with E-state index in [0.29, 0.717) is 23.5 Å². The van der Waals surface area contributed by atoms with Crippen molar-refractivity contribution in [1.82, 2.24) is 10.2 Å². The highest BCUT2D eigenvalue weighted by Gasteiger charge is 2.50. The molecule has 7 heteroatoms. The molecule has 0 spiro atoms. The van der Waals surface area contributed by atoms with Gasteiger partial charge in [0.25, 0.3) is 5.91 Å². The minimum atomic E-state index is -1.23. The van der Waals surface area contributed by atoms with Gasteiger partial charge in [-0.2, -0.15) is 5.26 Å². The molecule has 1 aromatic rings. The summed E-state index contributed by atoms with van der Waals surface area (Å²) in [5.74, 6) is 0.680. The average molecular weight is 317 g/mol. The number of hydrogen-bond donors (Lipinski definition) is 1. The van der Waals surface area contributed by atoms with Crippen LogP contribution in [-0.4, -0.2) is 37.6 Å². The van der Waals surface area contributed by atoms with Crippen LogP contribution < -0.4 is 14.8 Å². The van der Waals surface area contributed by atoms with Crippen molar-refractivity contribution in [3.63, 3.8) is 0 Å². The predicted octanol–water partition coefficient (Wildman–Crippen LogP) is 1.77. The van der Waals surface area contributed by atoms with Crippen LogP contribution in [0.3, 0.4) is 0 Å². The molecule has 0 bridgehead atoms. The number of amides is 3. The molecule has 1 unspecified atom stereocenters. The number of nitrogens with one attached hydrogen (secondary N) is 1. The van der Waals surface area contributed by atoms with E-state index in [1.807, 2.05) is 6.07 Å². The second-order valence-electron chi connectivity index (χ2n) is 5.34. The van der Waals surface area contributed by atoms with Crippen LogP contribution in [0, 0.1) is 11.3 Å². The number of hydrogen-bond acceptors (Lipinski definition) is 5. The molecule has 1 aliphatic rings. The number of unbranched alkanes of at least 4 members (excludes halogenated alkanes) is 1. The van der Waals surface area contributed by atoms with Crippen molar-refractivity contribution < 1.29 is 19.1 Å². The SMILES string of the molecule is COc1ccc(OC)c(C2(C)NC(=O)N(CCCC#N)C2=O)c1. The van der Waals surface area contributed by atoms with Gasteiger partial charge in [0.15, 0.2) is 0 Å². The Morgan fingerprint density at radius 1 is 1.30 bits per heavy atom. The normalized spacial score (nSPS) is 20.2. The molecule has 23 heavy (non-hydrogen) atoms. The van der Waals surface area contributed by atoms with Crippen molar-refractivity contribution >= 4 is 11.9 Å². The maximum atomic E-state index is 12.8. The Labute approximate surface area is 134 Å². The monoisotopic (exact) mass is 317 g/mol. The number of rotatable bonds is 6. The summed E-state index contributed by atoms with van der Waals surface area (Å²) in [6.07, 6.45) is 0.733. The molecule has 122 valence electrons. The van der Waals surface area contributed by atoms with Gasteiger partial charge in [0.05, 0.1) is 20.3 Å². The molecule has 1 fully saturated rings. The summed E-state index contributed by atoms with van der Waals surface area (Å²) < 4.78 is 10.5. The lowest BCUT2D eigenvalue weighted by Gasteiger charge is -2.24. The fraction of sp³-hybridized carbons (Fsp3) is 0.438. The Bertz CT molecular complexity index is 668. The molecular weight excluding hydrogens is 298 g/mol. The van der Waals surface area contributed by atoms with Crippen LogP contribution in [0.2, 0.25) is 0 Å². The quantitative estimate of drug-likeness (QED) is 0.638. The van der Waals surface area contributed by atoms with Crippen LogP contribution >= 0.6 is 0 Å². The van der Waals surface area contributed by atoms with Crippen LogP contribution in [0.15, 0.2) is 18.2 Å². The van der Waals surface area contributed by atoms with E-state index < -0.39 is 11.6 Å². The molecule has 1 N–H and O–H groups in total. The minimum absolute atomic E-state index is 0.208. The van der Waals surface area contributed by atoms with E-state index in [9.17, 15) is 9.59 Å². The molecule has 0 aliphatic carbocycles. The largest absolute Gasteiger partial charge is 0.497 e. The first-order chi connectivity index (χ1) is 11.0. The minimum Gasteiger partial charge on any atom is -0.497 e. The Morgan fingerprint density at radius 3 is 2.65 bits per heavy atom. The van der Waals surface area contributed by atoms with E-state index >= 15 is 0 Å². The van der Waals surface area contributed by atoms with Crippen molar-refractivity contribution in [2.45, 2.75) is 25.3 Å². The summed E-state index contributed by atoms with van der Waals surface area (Å²) >= 11 is 0. The smallest absolute Gasteiger partial charge is 0.325 e. The van der Waals surface area contributed by atoms with Gasteiger partial charge in [-0.3, -0.25) is 9.69 Å². The van der Waals surface area contributed by atoms with Gasteiger partial charge in [0.2, 0.25) is 0 Å². The van der Waals surface area contributed by atoms with E-state index in [-0.39, 0.29) is 18.9 Å². The number of urea groups is 1. The Hall–Kier alpha value is -2.75. The summed E-state index contributed by atoms with van der Waals surface area (Å²) in [6.45, 7) is 1.84. The van der Waals surface area contributed by atoms with Crippen LogP contribution in [-0.2, 0) is 10.3 Å². The zero-order valence-corrected chi connectivity index (χ0v) is 13.4. The first-order valence-electron chi connectivity index (χ1n) is 7.21. The second-order valence-corrected chi connectivity index (χ2v) is 5.34. The third kappa shape index (κ3) is 2.93. The van der Waals surface area contributed by atoms with Crippen molar-refractivity contribution in [3.05, 3.63) is 23.8 Å². The van der Waals surface area contributed by atoms with Gasteiger partial charge in [-0.25, -0.2) is 4.79 Å². The summed E-state index contributed by atoms with van der Waals surface area (Å²) in [7, 11) is 3.03. The van der Waals surface area contributed by atoms with Crippen LogP contribution in [0.1, 0.15) is 25.3 Å². The summed E-state index contributed by atoms with van der Waals surface area (Å²) in [4.78, 5) is 26.1. The molecule has 1 atom stereocenters. The maximum Gasteiger partial charge on any atom is 0.325 e. The fourth-order valence-corrected chi connectivity index (χ4v) is 2.60. The zero-order valence-electron chi connectivity index (χ0n) is 13.4. The van der Waals surface area contributed by atoms with E-state index in [0.717, 1.165) is 4.90 Å². The molecule has 7 nitrogen and oxygen atoms in total. The van der Waals surface area contributed by atoms with E-state index in [2.05, 4.69) is 5.32 Å². The van der Waals surface area contributed by atoms with Gasteiger partial charge in [-0.05, 0) is 31.5 Å². The molecule has 1 saturated heterocycles. The topological polar surface area (TPSA) is 91.7 Å². The van der Waals surface area contributed by atoms with Gasteiger partial charge >= 0.3 is 6.03 Å². The highest BCUT2D eigenvalue weighted by Crippen LogP contribution is 2.37. The number of methoxy groups -OCH3 is 2. The molecule has 1 aromatic carbocycles. The Balaban J connectivity index is 2.37. The van der Waals surface area contributed by atoms with Crippen LogP contribution in [0.4, 0.5) is 4.79 Å². The summed E-state index contributed by atoms with van der Waals surface area (Å²) in [5.41, 5.74) is -0.704. The van der Waals surface area contributed by atoms with E-state index in [4.69, 9.17) is 14.7 Å². The van der Waals surface area contributed by atoms with Crippen LogP contribution in [0.5, 0.6) is 11.5 Å². The Kier molecular flexibility index (Phi) is 4.74. The van der Waals surface area contributed by atoms with Gasteiger partial charge < -0.3 is 14.8 Å². The van der Waals surface area contributed by atoms with Crippen LogP contribution in [0.25, 0.3) is 0 Å². The van der Waals surface area contributed by atoms with Crippen molar-refractivity contribution in [3.8, 4) is 17.6 Å². The number of carbonyl (C=O) groups is 2. The predicted molar refractivity (Wildman–Crippen MR) is 82.0 cm³/mol. The van der Waals surface area contributed by atoms with E-state index in [1.165, 1.54) is 14.2 Å². The fourth-order valence-electron chi connectivity index (χ4n) is 2.60. The molecule has 1 heterocycles. The van der Waals surface area contributed by atoms with Gasteiger partial charge in [0, 0.05) is 18.5 Å². The second kappa shape index (κ2) is 6.57. The lowest BCUT2D eigenvalue weighted by molar-refractivity contribution is -0.131. The number of imide groups is 1. The summed E-state index contributed by atoms with van der Waals surface area (Å²) in [6, 6.07) is 6.62. The van der Waals surface area contributed by atoms with Gasteiger partial charge in [-0.1, -0.05) is 0 Å². The molecule has 3 amide bonds. The third-order valence-electron chi connectivity index (χ3n) is 3.89. The van der Waals surface area contributed by atoms with E-state index in [1.54, 1.807) is 25.1 Å². The standard InChI is InChI=1S/C16H19N3O4/c1-16(12-10-11(22-2)6-7-13(12)23-3)14(20)19(15(21)18-16)9-5-4-8-17/h6-7,10H,4-5,9H2,1-3H3,(H,18,21). The molecule has 0 radical (unpaired) electrons. The molecule has 2 rings (SSSR count). The first kappa shape index (κ1) is 16.6.